The van der Waals surface area contributed by atoms with E-state index in [1.165, 1.54) is 11.5 Å². The fourth-order valence-corrected chi connectivity index (χ4v) is 2.77. The molecular weight excluding hydrogens is 344 g/mol. The standard InChI is InChI=1S/C17H23ClN4OS/c1-11(2)12(3)19-16(23)10-22(4)17-20-15(21-24-17)9-13-5-7-14(18)8-6-13/h5-8,11-12H,9-10H2,1-4H3,(H,19,23). The molecule has 1 heterocycles. The van der Waals surface area contributed by atoms with Gasteiger partial charge in [0, 0.05) is 36.1 Å². The highest BCUT2D eigenvalue weighted by Crippen LogP contribution is 2.18. The Labute approximate surface area is 152 Å². The van der Waals surface area contributed by atoms with Crippen molar-refractivity contribution in [1.29, 1.82) is 0 Å². The zero-order valence-corrected chi connectivity index (χ0v) is 16.0. The topological polar surface area (TPSA) is 58.1 Å². The average molecular weight is 367 g/mol. The highest BCUT2D eigenvalue weighted by atomic mass is 35.5. The predicted molar refractivity (Wildman–Crippen MR) is 99.9 cm³/mol. The second-order valence-corrected chi connectivity index (χ2v) is 7.42. The molecule has 0 saturated heterocycles. The second-order valence-electron chi connectivity index (χ2n) is 6.25. The summed E-state index contributed by atoms with van der Waals surface area (Å²) in [7, 11) is 1.85. The first-order chi connectivity index (χ1) is 11.3. The molecule has 0 aliphatic rings. The van der Waals surface area contributed by atoms with E-state index in [9.17, 15) is 4.79 Å². The van der Waals surface area contributed by atoms with Gasteiger partial charge in [-0.05, 0) is 30.5 Å². The number of hydrogen-bond acceptors (Lipinski definition) is 5. The van der Waals surface area contributed by atoms with Crippen molar-refractivity contribution in [2.45, 2.75) is 33.2 Å². The maximum Gasteiger partial charge on any atom is 0.239 e. The molecule has 0 bridgehead atoms. The zero-order valence-electron chi connectivity index (χ0n) is 14.4. The summed E-state index contributed by atoms with van der Waals surface area (Å²) in [4.78, 5) is 18.4. The molecule has 1 aromatic heterocycles. The van der Waals surface area contributed by atoms with Crippen LogP contribution in [0.15, 0.2) is 24.3 Å². The van der Waals surface area contributed by atoms with Crippen LogP contribution in [0.25, 0.3) is 0 Å². The fourth-order valence-electron chi connectivity index (χ4n) is 2.01. The van der Waals surface area contributed by atoms with E-state index in [1.54, 1.807) is 0 Å². The molecule has 7 heteroatoms. The minimum absolute atomic E-state index is 0.00634. The monoisotopic (exact) mass is 366 g/mol. The molecule has 0 fully saturated rings. The summed E-state index contributed by atoms with van der Waals surface area (Å²) in [5, 5.41) is 4.45. The molecule has 1 amide bonds. The van der Waals surface area contributed by atoms with Crippen molar-refractivity contribution in [2.24, 2.45) is 5.92 Å². The number of anilines is 1. The maximum atomic E-state index is 12.1. The van der Waals surface area contributed by atoms with Crippen LogP contribution < -0.4 is 10.2 Å². The van der Waals surface area contributed by atoms with Gasteiger partial charge < -0.3 is 10.2 Å². The molecule has 1 unspecified atom stereocenters. The summed E-state index contributed by atoms with van der Waals surface area (Å²) in [5.74, 6) is 1.15. The van der Waals surface area contributed by atoms with Gasteiger partial charge in [-0.3, -0.25) is 4.79 Å². The lowest BCUT2D eigenvalue weighted by Crippen LogP contribution is -2.41. The number of aromatic nitrogens is 2. The molecule has 24 heavy (non-hydrogen) atoms. The van der Waals surface area contributed by atoms with E-state index in [4.69, 9.17) is 11.6 Å². The molecule has 1 N–H and O–H groups in total. The molecule has 2 rings (SSSR count). The van der Waals surface area contributed by atoms with Crippen molar-refractivity contribution < 1.29 is 4.79 Å². The fraction of sp³-hybridized carbons (Fsp3) is 0.471. The summed E-state index contributed by atoms with van der Waals surface area (Å²) in [6.45, 7) is 6.45. The first-order valence-electron chi connectivity index (χ1n) is 7.92. The molecule has 2 aromatic rings. The van der Waals surface area contributed by atoms with Gasteiger partial charge in [-0.25, -0.2) is 4.98 Å². The lowest BCUT2D eigenvalue weighted by atomic mass is 10.1. The first-order valence-corrected chi connectivity index (χ1v) is 9.08. The van der Waals surface area contributed by atoms with Gasteiger partial charge in [-0.1, -0.05) is 37.6 Å². The van der Waals surface area contributed by atoms with Gasteiger partial charge >= 0.3 is 0 Å². The highest BCUT2D eigenvalue weighted by Gasteiger charge is 2.15. The van der Waals surface area contributed by atoms with Crippen molar-refractivity contribution in [3.8, 4) is 0 Å². The number of nitrogens with zero attached hydrogens (tertiary/aromatic N) is 3. The normalized spacial score (nSPS) is 12.2. The number of carbonyl (C=O) groups is 1. The van der Waals surface area contributed by atoms with Crippen LogP contribution in [-0.4, -0.2) is 34.9 Å². The number of carbonyl (C=O) groups excluding carboxylic acids is 1. The molecule has 0 saturated carbocycles. The molecular formula is C17H23ClN4OS. The number of rotatable bonds is 7. The minimum Gasteiger partial charge on any atom is -0.352 e. The van der Waals surface area contributed by atoms with Crippen molar-refractivity contribution in [3.05, 3.63) is 40.7 Å². The van der Waals surface area contributed by atoms with Gasteiger partial charge in [0.2, 0.25) is 11.0 Å². The summed E-state index contributed by atoms with van der Waals surface area (Å²) in [6, 6.07) is 7.80. The molecule has 0 aliphatic carbocycles. The third-order valence-electron chi connectivity index (χ3n) is 3.83. The van der Waals surface area contributed by atoms with Gasteiger partial charge in [0.05, 0.1) is 6.54 Å². The Morgan fingerprint density at radius 2 is 1.96 bits per heavy atom. The van der Waals surface area contributed by atoms with E-state index >= 15 is 0 Å². The summed E-state index contributed by atoms with van der Waals surface area (Å²) in [5.41, 5.74) is 1.11. The Morgan fingerprint density at radius 3 is 2.58 bits per heavy atom. The molecule has 1 atom stereocenters. The Balaban J connectivity index is 1.92. The molecule has 0 radical (unpaired) electrons. The molecule has 0 spiro atoms. The second kappa shape index (κ2) is 8.44. The largest absolute Gasteiger partial charge is 0.352 e. The smallest absolute Gasteiger partial charge is 0.239 e. The SMILES string of the molecule is CC(C)C(C)NC(=O)CN(C)c1nc(Cc2ccc(Cl)cc2)ns1. The van der Waals surface area contributed by atoms with E-state index < -0.39 is 0 Å². The summed E-state index contributed by atoms with van der Waals surface area (Å²) >= 11 is 7.20. The molecule has 130 valence electrons. The van der Waals surface area contributed by atoms with Crippen LogP contribution in [0.1, 0.15) is 32.2 Å². The Morgan fingerprint density at radius 1 is 1.29 bits per heavy atom. The Kier molecular flexibility index (Phi) is 6.57. The Hall–Kier alpha value is -1.66. The number of hydrogen-bond donors (Lipinski definition) is 1. The number of halogens is 1. The van der Waals surface area contributed by atoms with Gasteiger partial charge in [0.1, 0.15) is 5.82 Å². The van der Waals surface area contributed by atoms with Crippen LogP contribution in [0, 0.1) is 5.92 Å². The lowest BCUT2D eigenvalue weighted by molar-refractivity contribution is -0.120. The lowest BCUT2D eigenvalue weighted by Gasteiger charge is -2.20. The van der Waals surface area contributed by atoms with Crippen LogP contribution in [0.4, 0.5) is 5.13 Å². The molecule has 5 nitrogen and oxygen atoms in total. The number of amides is 1. The van der Waals surface area contributed by atoms with E-state index in [2.05, 4.69) is 28.5 Å². The first kappa shape index (κ1) is 18.7. The van der Waals surface area contributed by atoms with Gasteiger partial charge in [0.25, 0.3) is 0 Å². The van der Waals surface area contributed by atoms with Gasteiger partial charge in [-0.15, -0.1) is 0 Å². The third-order valence-corrected chi connectivity index (χ3v) is 4.95. The minimum atomic E-state index is -0.00634. The van der Waals surface area contributed by atoms with Crippen LogP contribution in [0.5, 0.6) is 0 Å². The average Bonchev–Trinajstić information content (AvgIpc) is 2.98. The molecule has 1 aromatic carbocycles. The predicted octanol–water partition coefficient (Wildman–Crippen LogP) is 3.38. The number of benzene rings is 1. The van der Waals surface area contributed by atoms with Crippen LogP contribution in [0.3, 0.4) is 0 Å². The van der Waals surface area contributed by atoms with Crippen molar-refractivity contribution in [2.75, 3.05) is 18.5 Å². The van der Waals surface area contributed by atoms with Crippen molar-refractivity contribution >= 4 is 34.2 Å². The summed E-state index contributed by atoms with van der Waals surface area (Å²) < 4.78 is 4.38. The number of likely N-dealkylation sites (N-methyl/N-ethyl adjacent to an activating group) is 1. The van der Waals surface area contributed by atoms with E-state index in [-0.39, 0.29) is 18.5 Å². The number of nitrogens with one attached hydrogen (secondary N) is 1. The highest BCUT2D eigenvalue weighted by molar-refractivity contribution is 7.09. The van der Waals surface area contributed by atoms with E-state index in [1.807, 2.05) is 43.1 Å². The maximum absolute atomic E-state index is 12.1. The van der Waals surface area contributed by atoms with Gasteiger partial charge in [-0.2, -0.15) is 4.37 Å². The molecule has 0 aliphatic heterocycles. The Bertz CT molecular complexity index is 671. The quantitative estimate of drug-likeness (QED) is 0.816. The van der Waals surface area contributed by atoms with Crippen LogP contribution in [0.2, 0.25) is 5.02 Å². The van der Waals surface area contributed by atoms with Crippen molar-refractivity contribution in [3.63, 3.8) is 0 Å². The summed E-state index contributed by atoms with van der Waals surface area (Å²) in [6.07, 6.45) is 0.651. The van der Waals surface area contributed by atoms with Crippen LogP contribution in [-0.2, 0) is 11.2 Å². The van der Waals surface area contributed by atoms with E-state index in [0.29, 0.717) is 17.4 Å². The van der Waals surface area contributed by atoms with Gasteiger partial charge in [0.15, 0.2) is 0 Å². The van der Waals surface area contributed by atoms with Crippen LogP contribution >= 0.6 is 23.1 Å². The van der Waals surface area contributed by atoms with Crippen molar-refractivity contribution in [1.82, 2.24) is 14.7 Å². The third kappa shape index (κ3) is 5.46. The van der Waals surface area contributed by atoms with E-state index in [0.717, 1.165) is 16.5 Å². The zero-order chi connectivity index (χ0) is 17.7.